The molecule has 0 spiro atoms. The Hall–Kier alpha value is -1.81. The van der Waals surface area contributed by atoms with Gasteiger partial charge in [-0.3, -0.25) is 4.79 Å². The molecule has 2 rings (SSSR count). The van der Waals surface area contributed by atoms with Gasteiger partial charge in [0.15, 0.2) is 0 Å². The average molecular weight is 245 g/mol. The highest BCUT2D eigenvalue weighted by Gasteiger charge is 2.13. The van der Waals surface area contributed by atoms with E-state index >= 15 is 0 Å². The Bertz CT molecular complexity index is 545. The maximum atomic E-state index is 12.1. The molecule has 18 heavy (non-hydrogen) atoms. The van der Waals surface area contributed by atoms with Crippen molar-refractivity contribution in [3.05, 3.63) is 36.0 Å². The van der Waals surface area contributed by atoms with Crippen molar-refractivity contribution in [1.29, 1.82) is 0 Å². The van der Waals surface area contributed by atoms with Gasteiger partial charge in [0.1, 0.15) is 0 Å². The summed E-state index contributed by atoms with van der Waals surface area (Å²) in [5.41, 5.74) is 7.57. The minimum atomic E-state index is -0.0729. The van der Waals surface area contributed by atoms with Crippen molar-refractivity contribution in [2.45, 2.75) is 19.9 Å². The van der Waals surface area contributed by atoms with Crippen LogP contribution in [-0.4, -0.2) is 23.5 Å². The molecule has 2 aromatic rings. The first-order chi connectivity index (χ1) is 8.59. The van der Waals surface area contributed by atoms with Gasteiger partial charge in [0.25, 0.3) is 5.91 Å². The highest BCUT2D eigenvalue weighted by molar-refractivity contribution is 6.06. The third-order valence-electron chi connectivity index (χ3n) is 3.19. The predicted octanol–water partition coefficient (Wildman–Crippen LogP) is 1.88. The number of benzene rings is 1. The lowest BCUT2D eigenvalue weighted by Gasteiger charge is -2.16. The van der Waals surface area contributed by atoms with Crippen LogP contribution in [0.4, 0.5) is 0 Å². The summed E-state index contributed by atoms with van der Waals surface area (Å²) in [6.45, 7) is 4.59. The quantitative estimate of drug-likeness (QED) is 0.769. The second kappa shape index (κ2) is 5.23. The van der Waals surface area contributed by atoms with Gasteiger partial charge < -0.3 is 16.0 Å². The molecule has 0 aliphatic rings. The van der Waals surface area contributed by atoms with Crippen molar-refractivity contribution in [2.24, 2.45) is 11.7 Å². The number of carbonyl (C=O) groups is 1. The van der Waals surface area contributed by atoms with E-state index in [4.69, 9.17) is 5.73 Å². The molecule has 1 heterocycles. The van der Waals surface area contributed by atoms with Crippen LogP contribution in [0.25, 0.3) is 10.9 Å². The second-order valence-electron chi connectivity index (χ2n) is 4.86. The van der Waals surface area contributed by atoms with Gasteiger partial charge in [-0.25, -0.2) is 0 Å². The molecule has 1 aromatic heterocycles. The second-order valence-corrected chi connectivity index (χ2v) is 4.86. The smallest absolute Gasteiger partial charge is 0.252 e. The van der Waals surface area contributed by atoms with Crippen LogP contribution < -0.4 is 11.1 Å². The Morgan fingerprint density at radius 1 is 1.39 bits per heavy atom. The van der Waals surface area contributed by atoms with Crippen LogP contribution in [0.1, 0.15) is 24.2 Å². The number of hydrogen-bond acceptors (Lipinski definition) is 2. The zero-order valence-electron chi connectivity index (χ0n) is 10.7. The number of carbonyl (C=O) groups excluding carboxylic acids is 1. The lowest BCUT2D eigenvalue weighted by Crippen LogP contribution is -2.40. The SMILES string of the molecule is CC(C)C(N)CNC(=O)c1cccc2[nH]ccc12. The van der Waals surface area contributed by atoms with Gasteiger partial charge in [-0.05, 0) is 24.1 Å². The zero-order valence-corrected chi connectivity index (χ0v) is 10.7. The summed E-state index contributed by atoms with van der Waals surface area (Å²) in [7, 11) is 0. The number of nitrogens with one attached hydrogen (secondary N) is 2. The molecule has 1 unspecified atom stereocenters. The van der Waals surface area contributed by atoms with Crippen molar-refractivity contribution >= 4 is 16.8 Å². The third-order valence-corrected chi connectivity index (χ3v) is 3.19. The van der Waals surface area contributed by atoms with E-state index < -0.39 is 0 Å². The Labute approximate surface area is 107 Å². The highest BCUT2D eigenvalue weighted by Crippen LogP contribution is 2.17. The molecular weight excluding hydrogens is 226 g/mol. The molecule has 1 atom stereocenters. The van der Waals surface area contributed by atoms with E-state index in [2.05, 4.69) is 10.3 Å². The molecule has 4 heteroatoms. The number of hydrogen-bond donors (Lipinski definition) is 3. The number of aromatic nitrogens is 1. The van der Waals surface area contributed by atoms with Gasteiger partial charge in [-0.1, -0.05) is 19.9 Å². The van der Waals surface area contributed by atoms with E-state index in [1.807, 2.05) is 44.3 Å². The van der Waals surface area contributed by atoms with E-state index in [9.17, 15) is 4.79 Å². The minimum absolute atomic E-state index is 0.0145. The number of nitrogens with two attached hydrogens (primary N) is 1. The maximum absolute atomic E-state index is 12.1. The van der Waals surface area contributed by atoms with Crippen LogP contribution in [0.15, 0.2) is 30.5 Å². The summed E-state index contributed by atoms with van der Waals surface area (Å²) in [5.74, 6) is 0.282. The summed E-state index contributed by atoms with van der Waals surface area (Å²) >= 11 is 0. The monoisotopic (exact) mass is 245 g/mol. The van der Waals surface area contributed by atoms with E-state index in [0.717, 1.165) is 10.9 Å². The lowest BCUT2D eigenvalue weighted by atomic mass is 10.1. The predicted molar refractivity (Wildman–Crippen MR) is 73.4 cm³/mol. The molecule has 0 aliphatic heterocycles. The molecule has 0 aliphatic carbocycles. The van der Waals surface area contributed by atoms with Crippen LogP contribution in [-0.2, 0) is 0 Å². The van der Waals surface area contributed by atoms with Crippen LogP contribution >= 0.6 is 0 Å². The molecule has 4 N–H and O–H groups in total. The Morgan fingerprint density at radius 2 is 2.17 bits per heavy atom. The molecule has 1 amide bonds. The van der Waals surface area contributed by atoms with Crippen LogP contribution in [0.5, 0.6) is 0 Å². The Balaban J connectivity index is 2.12. The highest BCUT2D eigenvalue weighted by atomic mass is 16.1. The number of aromatic amines is 1. The standard InChI is InChI=1S/C14H19N3O/c1-9(2)12(15)8-17-14(18)11-4-3-5-13-10(11)6-7-16-13/h3-7,9,12,16H,8,15H2,1-2H3,(H,17,18). The fraction of sp³-hybridized carbons (Fsp3) is 0.357. The zero-order chi connectivity index (χ0) is 13.1. The summed E-state index contributed by atoms with van der Waals surface area (Å²) in [5, 5.41) is 3.82. The van der Waals surface area contributed by atoms with Crippen molar-refractivity contribution in [2.75, 3.05) is 6.54 Å². The molecule has 0 saturated carbocycles. The average Bonchev–Trinajstić information content (AvgIpc) is 2.83. The molecule has 96 valence electrons. The van der Waals surface area contributed by atoms with Crippen LogP contribution in [0.2, 0.25) is 0 Å². The summed E-state index contributed by atoms with van der Waals surface area (Å²) < 4.78 is 0. The molecular formula is C14H19N3O. The molecule has 0 fully saturated rings. The summed E-state index contributed by atoms with van der Waals surface area (Å²) in [6, 6.07) is 7.54. The first-order valence-electron chi connectivity index (χ1n) is 6.19. The topological polar surface area (TPSA) is 70.9 Å². The van der Waals surface area contributed by atoms with Crippen molar-refractivity contribution in [3.8, 4) is 0 Å². The van der Waals surface area contributed by atoms with E-state index in [1.54, 1.807) is 0 Å². The van der Waals surface area contributed by atoms with Gasteiger partial charge in [-0.2, -0.15) is 0 Å². The number of rotatable bonds is 4. The van der Waals surface area contributed by atoms with Gasteiger partial charge in [0, 0.05) is 35.2 Å². The van der Waals surface area contributed by atoms with Gasteiger partial charge >= 0.3 is 0 Å². The number of amides is 1. The number of H-pyrrole nitrogens is 1. The Morgan fingerprint density at radius 3 is 2.89 bits per heavy atom. The van der Waals surface area contributed by atoms with Gasteiger partial charge in [-0.15, -0.1) is 0 Å². The molecule has 1 aromatic carbocycles. The van der Waals surface area contributed by atoms with Crippen molar-refractivity contribution in [1.82, 2.24) is 10.3 Å². The van der Waals surface area contributed by atoms with E-state index in [-0.39, 0.29) is 11.9 Å². The van der Waals surface area contributed by atoms with Crippen LogP contribution in [0.3, 0.4) is 0 Å². The largest absolute Gasteiger partial charge is 0.361 e. The van der Waals surface area contributed by atoms with Gasteiger partial charge in [0.2, 0.25) is 0 Å². The first-order valence-corrected chi connectivity index (χ1v) is 6.19. The molecule has 0 bridgehead atoms. The molecule has 4 nitrogen and oxygen atoms in total. The van der Waals surface area contributed by atoms with E-state index in [1.165, 1.54) is 0 Å². The normalized spacial score (nSPS) is 12.9. The van der Waals surface area contributed by atoms with Crippen molar-refractivity contribution in [3.63, 3.8) is 0 Å². The summed E-state index contributed by atoms with van der Waals surface area (Å²) in [4.78, 5) is 15.2. The van der Waals surface area contributed by atoms with Gasteiger partial charge in [0.05, 0.1) is 0 Å². The number of fused-ring (bicyclic) bond motifs is 1. The fourth-order valence-electron chi connectivity index (χ4n) is 1.82. The minimum Gasteiger partial charge on any atom is -0.361 e. The first kappa shape index (κ1) is 12.6. The maximum Gasteiger partial charge on any atom is 0.252 e. The van der Waals surface area contributed by atoms with Crippen LogP contribution in [0, 0.1) is 5.92 Å². The third kappa shape index (κ3) is 2.54. The summed E-state index contributed by atoms with van der Waals surface area (Å²) in [6.07, 6.45) is 1.83. The van der Waals surface area contributed by atoms with E-state index in [0.29, 0.717) is 18.0 Å². The fourth-order valence-corrected chi connectivity index (χ4v) is 1.82. The molecule has 0 saturated heterocycles. The molecule has 0 radical (unpaired) electrons. The lowest BCUT2D eigenvalue weighted by molar-refractivity contribution is 0.0951. The van der Waals surface area contributed by atoms with Crippen molar-refractivity contribution < 1.29 is 4.79 Å². The Kier molecular flexibility index (Phi) is 3.67.